The maximum Gasteiger partial charge on any atom is 0.243 e. The average Bonchev–Trinajstić information content (AvgIpc) is 2.74. The van der Waals surface area contributed by atoms with Crippen LogP contribution in [0.4, 0.5) is 0 Å². The molecule has 1 N–H and O–H groups in total. The Kier molecular flexibility index (Phi) is 6.36. The monoisotopic (exact) mass is 402 g/mol. The van der Waals surface area contributed by atoms with Gasteiger partial charge in [0, 0.05) is 13.1 Å². The molecule has 0 radical (unpaired) electrons. The summed E-state index contributed by atoms with van der Waals surface area (Å²) < 4.78 is 32.4. The molecule has 0 aromatic heterocycles. The summed E-state index contributed by atoms with van der Waals surface area (Å²) >= 11 is 0. The molecule has 0 saturated carbocycles. The quantitative estimate of drug-likeness (QED) is 0.806. The average molecular weight is 403 g/mol. The van der Waals surface area contributed by atoms with E-state index in [0.717, 1.165) is 5.56 Å². The number of amides is 1. The molecule has 2 aromatic carbocycles. The van der Waals surface area contributed by atoms with Crippen LogP contribution in [-0.2, 0) is 14.8 Å². The summed E-state index contributed by atoms with van der Waals surface area (Å²) in [6, 6.07) is 15.9. The van der Waals surface area contributed by atoms with E-state index < -0.39 is 10.0 Å². The molecule has 1 saturated heterocycles. The van der Waals surface area contributed by atoms with Crippen LogP contribution in [0.15, 0.2) is 59.5 Å². The summed E-state index contributed by atoms with van der Waals surface area (Å²) in [7, 11) is -2.10. The predicted molar refractivity (Wildman–Crippen MR) is 107 cm³/mol. The lowest BCUT2D eigenvalue weighted by atomic mass is 9.98. The van der Waals surface area contributed by atoms with Crippen molar-refractivity contribution in [1.29, 1.82) is 0 Å². The van der Waals surface area contributed by atoms with Crippen LogP contribution >= 0.6 is 0 Å². The predicted octanol–water partition coefficient (Wildman–Crippen LogP) is 2.97. The lowest BCUT2D eigenvalue weighted by Gasteiger charge is -2.32. The Morgan fingerprint density at radius 3 is 2.46 bits per heavy atom. The Morgan fingerprint density at radius 1 is 1.14 bits per heavy atom. The third-order valence-electron chi connectivity index (χ3n) is 5.11. The zero-order chi connectivity index (χ0) is 20.1. The number of ether oxygens (including phenoxy) is 1. The van der Waals surface area contributed by atoms with Gasteiger partial charge < -0.3 is 10.1 Å². The number of carbonyl (C=O) groups excluding carboxylic acids is 1. The smallest absolute Gasteiger partial charge is 0.243 e. The van der Waals surface area contributed by atoms with Gasteiger partial charge in [0.05, 0.1) is 24.0 Å². The van der Waals surface area contributed by atoms with Gasteiger partial charge in [0.2, 0.25) is 15.9 Å². The van der Waals surface area contributed by atoms with E-state index >= 15 is 0 Å². The number of hydrogen-bond donors (Lipinski definition) is 1. The second-order valence-electron chi connectivity index (χ2n) is 7.02. The van der Waals surface area contributed by atoms with Crippen LogP contribution in [0.2, 0.25) is 0 Å². The highest BCUT2D eigenvalue weighted by molar-refractivity contribution is 7.89. The van der Waals surface area contributed by atoms with Crippen molar-refractivity contribution in [2.75, 3.05) is 20.2 Å². The maximum absolute atomic E-state index is 13.0. The van der Waals surface area contributed by atoms with Crippen molar-refractivity contribution >= 4 is 15.9 Å². The van der Waals surface area contributed by atoms with Crippen LogP contribution in [0, 0.1) is 5.92 Å². The van der Waals surface area contributed by atoms with Crippen LogP contribution in [-0.4, -0.2) is 38.8 Å². The van der Waals surface area contributed by atoms with E-state index in [-0.39, 0.29) is 29.3 Å². The minimum atomic E-state index is -3.64. The Hall–Kier alpha value is -2.38. The first kappa shape index (κ1) is 20.4. The fourth-order valence-electron chi connectivity index (χ4n) is 3.43. The number of nitrogens with zero attached hydrogens (tertiary/aromatic N) is 1. The fourth-order valence-corrected chi connectivity index (χ4v) is 4.95. The van der Waals surface area contributed by atoms with Crippen molar-refractivity contribution in [3.63, 3.8) is 0 Å². The molecule has 150 valence electrons. The molecule has 0 spiro atoms. The van der Waals surface area contributed by atoms with Gasteiger partial charge in [-0.05, 0) is 49.6 Å². The van der Waals surface area contributed by atoms with E-state index in [4.69, 9.17) is 4.74 Å². The van der Waals surface area contributed by atoms with Gasteiger partial charge in [0.25, 0.3) is 0 Å². The van der Waals surface area contributed by atoms with Crippen LogP contribution in [0.5, 0.6) is 5.75 Å². The highest BCUT2D eigenvalue weighted by Gasteiger charge is 2.33. The molecule has 7 heteroatoms. The number of rotatable bonds is 6. The second-order valence-corrected chi connectivity index (χ2v) is 8.96. The molecule has 1 amide bonds. The molecule has 0 unspecified atom stereocenters. The van der Waals surface area contributed by atoms with Crippen molar-refractivity contribution in [3.05, 3.63) is 60.2 Å². The van der Waals surface area contributed by atoms with E-state index in [9.17, 15) is 13.2 Å². The molecule has 0 aliphatic carbocycles. The van der Waals surface area contributed by atoms with Crippen LogP contribution in [0.3, 0.4) is 0 Å². The first-order valence-electron chi connectivity index (χ1n) is 9.41. The molecule has 1 aliphatic rings. The van der Waals surface area contributed by atoms with Crippen molar-refractivity contribution in [3.8, 4) is 5.75 Å². The molecular weight excluding hydrogens is 376 g/mol. The number of piperidine rings is 1. The molecule has 2 atom stereocenters. The van der Waals surface area contributed by atoms with Crippen LogP contribution in [0.1, 0.15) is 31.4 Å². The molecule has 1 fully saturated rings. The van der Waals surface area contributed by atoms with Gasteiger partial charge in [-0.15, -0.1) is 0 Å². The second kappa shape index (κ2) is 8.75. The highest BCUT2D eigenvalue weighted by Crippen LogP contribution is 2.26. The Balaban J connectivity index is 1.68. The van der Waals surface area contributed by atoms with Crippen molar-refractivity contribution in [2.45, 2.75) is 30.7 Å². The maximum atomic E-state index is 13.0. The van der Waals surface area contributed by atoms with Crippen LogP contribution < -0.4 is 10.1 Å². The Morgan fingerprint density at radius 2 is 1.82 bits per heavy atom. The highest BCUT2D eigenvalue weighted by atomic mass is 32.2. The molecule has 6 nitrogen and oxygen atoms in total. The number of benzene rings is 2. The number of hydrogen-bond acceptors (Lipinski definition) is 4. The van der Waals surface area contributed by atoms with Crippen molar-refractivity contribution in [1.82, 2.24) is 9.62 Å². The molecule has 2 aromatic rings. The van der Waals surface area contributed by atoms with Crippen molar-refractivity contribution < 1.29 is 17.9 Å². The molecule has 1 heterocycles. The standard InChI is InChI=1S/C21H26N2O4S/c1-16(17-7-4-3-5-8-17)22-21(24)18-9-6-14-23(15-18)28(25,26)20-12-10-19(27-2)11-13-20/h3-5,7-8,10-13,16,18H,6,9,14-15H2,1-2H3,(H,22,24)/t16-,18-/m1/s1. The van der Waals surface area contributed by atoms with E-state index in [1.54, 1.807) is 12.1 Å². The van der Waals surface area contributed by atoms with Gasteiger partial charge in [-0.3, -0.25) is 4.79 Å². The summed E-state index contributed by atoms with van der Waals surface area (Å²) in [5.74, 6) is 0.142. The summed E-state index contributed by atoms with van der Waals surface area (Å²) in [5, 5.41) is 3.02. The Labute approximate surface area is 166 Å². The van der Waals surface area contributed by atoms with Gasteiger partial charge in [-0.1, -0.05) is 30.3 Å². The third-order valence-corrected chi connectivity index (χ3v) is 6.99. The molecule has 3 rings (SSSR count). The number of carbonyl (C=O) groups is 1. The zero-order valence-electron chi connectivity index (χ0n) is 16.2. The lowest BCUT2D eigenvalue weighted by Crippen LogP contribution is -2.45. The first-order chi connectivity index (χ1) is 13.4. The summed E-state index contributed by atoms with van der Waals surface area (Å²) in [6.45, 7) is 2.55. The summed E-state index contributed by atoms with van der Waals surface area (Å²) in [4.78, 5) is 12.9. The molecule has 28 heavy (non-hydrogen) atoms. The van der Waals surface area contributed by atoms with Gasteiger partial charge in [-0.2, -0.15) is 4.31 Å². The van der Waals surface area contributed by atoms with E-state index in [2.05, 4.69) is 5.32 Å². The largest absolute Gasteiger partial charge is 0.497 e. The number of sulfonamides is 1. The number of methoxy groups -OCH3 is 1. The first-order valence-corrected chi connectivity index (χ1v) is 10.9. The van der Waals surface area contributed by atoms with E-state index in [1.807, 2.05) is 37.3 Å². The molecular formula is C21H26N2O4S. The SMILES string of the molecule is COc1ccc(S(=O)(=O)N2CCC[C@@H](C(=O)N[C@H](C)c3ccccc3)C2)cc1. The van der Waals surface area contributed by atoms with Gasteiger partial charge >= 0.3 is 0 Å². The molecule has 0 bridgehead atoms. The summed E-state index contributed by atoms with van der Waals surface area (Å²) in [6.07, 6.45) is 1.34. The minimum Gasteiger partial charge on any atom is -0.497 e. The van der Waals surface area contributed by atoms with Gasteiger partial charge in [-0.25, -0.2) is 8.42 Å². The van der Waals surface area contributed by atoms with Crippen molar-refractivity contribution in [2.24, 2.45) is 5.92 Å². The molecule has 1 aliphatic heterocycles. The van der Waals surface area contributed by atoms with Crippen LogP contribution in [0.25, 0.3) is 0 Å². The van der Waals surface area contributed by atoms with Gasteiger partial charge in [0.1, 0.15) is 5.75 Å². The number of nitrogens with one attached hydrogen (secondary N) is 1. The fraction of sp³-hybridized carbons (Fsp3) is 0.381. The third kappa shape index (κ3) is 4.54. The van der Waals surface area contributed by atoms with Gasteiger partial charge in [0.15, 0.2) is 0 Å². The minimum absolute atomic E-state index is 0.106. The van der Waals surface area contributed by atoms with E-state index in [0.29, 0.717) is 25.1 Å². The normalized spacial score (nSPS) is 19.0. The zero-order valence-corrected chi connectivity index (χ0v) is 17.0. The summed E-state index contributed by atoms with van der Waals surface area (Å²) in [5.41, 5.74) is 1.02. The topological polar surface area (TPSA) is 75.7 Å². The lowest BCUT2D eigenvalue weighted by molar-refractivity contribution is -0.126. The Bertz CT molecular complexity index is 898. The van der Waals surface area contributed by atoms with E-state index in [1.165, 1.54) is 23.5 Å².